The van der Waals surface area contributed by atoms with Crippen molar-refractivity contribution >= 4 is 59.4 Å². The lowest BCUT2D eigenvalue weighted by atomic mass is 10.0. The molecule has 0 unspecified atom stereocenters. The molecule has 0 spiro atoms. The molecule has 23 nitrogen and oxygen atoms in total. The largest absolute Gasteiger partial charge is 1.00 e. The third-order valence-corrected chi connectivity index (χ3v) is 20.0. The van der Waals surface area contributed by atoms with Gasteiger partial charge in [-0.25, -0.2) is 24.9 Å². The second kappa shape index (κ2) is 80.3. The van der Waals surface area contributed by atoms with Gasteiger partial charge in [0, 0.05) is 60.1 Å². The van der Waals surface area contributed by atoms with E-state index in [1.165, 1.54) is 222 Å². The van der Waals surface area contributed by atoms with Crippen molar-refractivity contribution in [1.82, 2.24) is 44.9 Å². The molecule has 0 amide bonds. The first-order valence-electron chi connectivity index (χ1n) is 45.6. The minimum atomic E-state index is 0. The quantitative estimate of drug-likeness (QED) is 0.00467. The summed E-state index contributed by atoms with van der Waals surface area (Å²) in [6.07, 6.45) is 59.3. The lowest BCUT2D eigenvalue weighted by molar-refractivity contribution is -0.001000. The van der Waals surface area contributed by atoms with Crippen molar-refractivity contribution < 1.29 is 61.3 Å². The minimum absolute atomic E-state index is 0. The fourth-order valence-corrected chi connectivity index (χ4v) is 13.2. The molecular weight excluding hydrogens is 1780 g/mol. The van der Waals surface area contributed by atoms with Crippen molar-refractivity contribution in [1.29, 1.82) is 0 Å². The first kappa shape index (κ1) is 115. The van der Waals surface area contributed by atoms with Gasteiger partial charge in [0.15, 0.2) is 0 Å². The SMILES string of the molecule is CCCCCCCCCCCCCC#Cc1cccc(/C=N\O)n1.CCCCCCCCCCCCCCCc1cccc(/C=N\O)n1.O/N=C/c1cccc(CCCCCc2ccccc2)n1.O/N=C\c1cccc(Br)n1.O/N=C\c1cccc(C#CCCCc2ccccc2)n1.O/N=C\c1cccc(C#Cc2cccnc2)n1.O/N=C\c1cccc(C#Cc2cccnc2)n1.[Cl-].[Cl-]. The molecule has 11 aromatic rings. The van der Waals surface area contributed by atoms with Crippen LogP contribution in [-0.4, -0.2) is 125 Å². The van der Waals surface area contributed by atoms with Crippen LogP contribution in [0.5, 0.6) is 0 Å². The van der Waals surface area contributed by atoms with Gasteiger partial charge < -0.3 is 61.3 Å². The minimum Gasteiger partial charge on any atom is -1.00 e. The molecule has 0 aliphatic carbocycles. The standard InChI is InChI=1S/C21H36N2O.C21H32N2O.C17H20N2O.C17H16N2O.2C13H9N3O.C6H5BrN2O.2ClH/c2*1-2-3-4-5-6-7-8-9-10-11-12-13-14-16-20-17-15-18-21(23-20)19-22-24;2*20-18-14-17-13-7-12-16(19-17)11-6-2-5-10-15-8-3-1-4-9-15;2*17-15-10-13-5-1-4-12(16-13)7-6-11-3-2-8-14-9-11;7-6-3-1-2-5(9-6)4-8-10;;/h15,17-19,24H,2-14,16H2,1H3;15,17-19,24H,2-13H2,1H3;1,3-4,7-9,12-14,20H,2,5-6,10-11H2;1,3-4,7-9,12-14,20H,2,5,10H2;2*1-5,8-10,17H;1-4,10H;2*1H/p-2/b2*22-19-;18-14+;18-14-;2*15-10-;8-4-;;. The van der Waals surface area contributed by atoms with Crippen molar-refractivity contribution in [3.8, 4) is 47.4 Å². The third kappa shape index (κ3) is 59.6. The van der Waals surface area contributed by atoms with Crippen LogP contribution in [0.2, 0.25) is 0 Å². The smallest absolute Gasteiger partial charge is 0.114 e. The van der Waals surface area contributed by atoms with Crippen molar-refractivity contribution in [2.24, 2.45) is 36.1 Å². The Labute approximate surface area is 813 Å². The topological polar surface area (TPSA) is 344 Å². The number of unbranched alkanes of at least 4 members (excludes halogenated alkanes) is 26. The highest BCUT2D eigenvalue weighted by atomic mass is 79.9. The molecule has 0 aliphatic rings. The summed E-state index contributed by atoms with van der Waals surface area (Å²) in [5.74, 6) is 24.1. The number of aryl methyl sites for hydroxylation is 4. The zero-order chi connectivity index (χ0) is 93.9. The normalized spacial score (nSPS) is 10.4. The molecule has 7 N–H and O–H groups in total. The molecule has 0 radical (unpaired) electrons. The van der Waals surface area contributed by atoms with Gasteiger partial charge in [-0.3, -0.25) is 19.9 Å². The second-order valence-electron chi connectivity index (χ2n) is 30.2. The highest BCUT2D eigenvalue weighted by Crippen LogP contribution is 2.17. The Hall–Kier alpha value is -13.6. The molecule has 0 atom stereocenters. The highest BCUT2D eigenvalue weighted by Gasteiger charge is 2.04. The van der Waals surface area contributed by atoms with Crippen LogP contribution in [0.4, 0.5) is 0 Å². The van der Waals surface area contributed by atoms with E-state index >= 15 is 0 Å². The van der Waals surface area contributed by atoms with Crippen molar-refractivity contribution in [2.45, 2.75) is 232 Å². The van der Waals surface area contributed by atoms with Gasteiger partial charge in [0.1, 0.15) is 27.4 Å². The maximum Gasteiger partial charge on any atom is 0.114 e. The fourth-order valence-electron chi connectivity index (χ4n) is 12.8. The van der Waals surface area contributed by atoms with Crippen LogP contribution >= 0.6 is 15.9 Å². The number of benzene rings is 2. The number of hydrogen-bond acceptors (Lipinski definition) is 23. The number of halogens is 3. The van der Waals surface area contributed by atoms with Gasteiger partial charge >= 0.3 is 0 Å². The Kier molecular flexibility index (Phi) is 68.6. The Bertz CT molecular complexity index is 5280. The number of pyridine rings is 9. The Morgan fingerprint density at radius 3 is 0.858 bits per heavy atom. The van der Waals surface area contributed by atoms with E-state index in [0.29, 0.717) is 51.2 Å². The van der Waals surface area contributed by atoms with Crippen LogP contribution in [0, 0.1) is 47.4 Å². The molecule has 704 valence electrons. The molecular formula is C108H127BrCl2N16O7-2. The summed E-state index contributed by atoms with van der Waals surface area (Å²) in [6, 6.07) is 67.1. The number of hydrogen-bond donors (Lipinski definition) is 7. The van der Waals surface area contributed by atoms with Crippen molar-refractivity contribution in [3.05, 3.63) is 338 Å². The first-order valence-corrected chi connectivity index (χ1v) is 46.4. The van der Waals surface area contributed by atoms with Gasteiger partial charge in [-0.15, -0.1) is 0 Å². The molecule has 134 heavy (non-hydrogen) atoms. The van der Waals surface area contributed by atoms with Gasteiger partial charge in [0.2, 0.25) is 0 Å². The van der Waals surface area contributed by atoms with Gasteiger partial charge in [0.05, 0.1) is 83.4 Å². The van der Waals surface area contributed by atoms with Crippen LogP contribution in [0.15, 0.2) is 278 Å². The summed E-state index contributed by atoms with van der Waals surface area (Å²) in [6.45, 7) is 4.55. The maximum atomic E-state index is 8.54. The predicted molar refractivity (Wildman–Crippen MR) is 535 cm³/mol. The number of oxime groups is 7. The Morgan fingerprint density at radius 2 is 0.530 bits per heavy atom. The fraction of sp³-hybridized carbons (Fsp3) is 0.333. The van der Waals surface area contributed by atoms with E-state index in [0.717, 1.165) is 89.9 Å². The average molecular weight is 1910 g/mol. The molecule has 26 heteroatoms. The van der Waals surface area contributed by atoms with E-state index in [1.807, 2.05) is 91.0 Å². The van der Waals surface area contributed by atoms with Crippen LogP contribution in [-0.2, 0) is 25.7 Å². The van der Waals surface area contributed by atoms with E-state index in [2.05, 4.69) is 219 Å². The average Bonchev–Trinajstić information content (AvgIpc) is 0.981. The zero-order valence-corrected chi connectivity index (χ0v) is 80.1. The summed E-state index contributed by atoms with van der Waals surface area (Å²) in [5, 5.41) is 79.6. The van der Waals surface area contributed by atoms with E-state index in [4.69, 9.17) is 36.5 Å². The zero-order valence-electron chi connectivity index (χ0n) is 77.0. The highest BCUT2D eigenvalue weighted by molar-refractivity contribution is 9.10. The number of aromatic nitrogens is 9. The van der Waals surface area contributed by atoms with E-state index < -0.39 is 0 Å². The van der Waals surface area contributed by atoms with Gasteiger partial charge in [0.25, 0.3) is 0 Å². The monoisotopic (exact) mass is 1910 g/mol. The number of rotatable bonds is 41. The van der Waals surface area contributed by atoms with Gasteiger partial charge in [-0.1, -0.05) is 324 Å². The Balaban J connectivity index is 0.000000406. The predicted octanol–water partition coefficient (Wildman–Crippen LogP) is 18.6. The van der Waals surface area contributed by atoms with E-state index in [-0.39, 0.29) is 24.8 Å². The van der Waals surface area contributed by atoms with Crippen molar-refractivity contribution in [3.63, 3.8) is 0 Å². The summed E-state index contributed by atoms with van der Waals surface area (Å²) in [7, 11) is 0. The molecule has 0 bridgehead atoms. The second-order valence-corrected chi connectivity index (χ2v) is 31.1. The molecule has 2 aromatic carbocycles. The Morgan fingerprint density at radius 1 is 0.254 bits per heavy atom. The van der Waals surface area contributed by atoms with Crippen molar-refractivity contribution in [2.75, 3.05) is 0 Å². The molecule has 0 saturated heterocycles. The summed E-state index contributed by atoms with van der Waals surface area (Å²) in [4.78, 5) is 37.6. The number of nitrogens with zero attached hydrogens (tertiary/aromatic N) is 16. The van der Waals surface area contributed by atoms with Crippen LogP contribution < -0.4 is 24.8 Å². The van der Waals surface area contributed by atoms with E-state index in [9.17, 15) is 0 Å². The van der Waals surface area contributed by atoms with Gasteiger partial charge in [-0.2, -0.15) is 0 Å². The van der Waals surface area contributed by atoms with E-state index in [1.54, 1.807) is 85.5 Å². The molecule has 11 rings (SSSR count). The first-order chi connectivity index (χ1) is 65.1. The van der Waals surface area contributed by atoms with Crippen LogP contribution in [0.25, 0.3) is 0 Å². The summed E-state index contributed by atoms with van der Waals surface area (Å²) in [5.41, 5.74) is 13.6. The molecule has 0 fully saturated rings. The molecule has 0 aliphatic heterocycles. The van der Waals surface area contributed by atoms with Gasteiger partial charge in [-0.05, 0) is 218 Å². The van der Waals surface area contributed by atoms with Crippen LogP contribution in [0.3, 0.4) is 0 Å². The summed E-state index contributed by atoms with van der Waals surface area (Å²) < 4.78 is 0.727. The maximum absolute atomic E-state index is 8.54. The molecule has 0 saturated carbocycles. The molecule has 9 heterocycles. The lowest BCUT2D eigenvalue weighted by Gasteiger charge is -2.04. The lowest BCUT2D eigenvalue weighted by Crippen LogP contribution is -3.00. The molecule has 9 aromatic heterocycles. The third-order valence-electron chi connectivity index (χ3n) is 19.5. The van der Waals surface area contributed by atoms with Crippen LogP contribution in [0.1, 0.15) is 303 Å². The summed E-state index contributed by atoms with van der Waals surface area (Å²) >= 11 is 3.18.